The van der Waals surface area contributed by atoms with E-state index in [4.69, 9.17) is 9.47 Å². The summed E-state index contributed by atoms with van der Waals surface area (Å²) in [7, 11) is 1.35. The molecule has 0 radical (unpaired) electrons. The second-order valence-corrected chi connectivity index (χ2v) is 4.60. The van der Waals surface area contributed by atoms with Crippen LogP contribution in [0.4, 0.5) is 0 Å². The first-order valence-corrected chi connectivity index (χ1v) is 6.48. The summed E-state index contributed by atoms with van der Waals surface area (Å²) in [5.74, 6) is 0.213. The SMILES string of the molecule is COC(=O)c1ccc(COCC2CCOCC2)nc1. The van der Waals surface area contributed by atoms with Gasteiger partial charge in [-0.3, -0.25) is 4.98 Å². The number of hydrogen-bond donors (Lipinski definition) is 0. The van der Waals surface area contributed by atoms with Crippen LogP contribution < -0.4 is 0 Å². The van der Waals surface area contributed by atoms with Crippen molar-refractivity contribution in [1.29, 1.82) is 0 Å². The molecule has 0 atom stereocenters. The molecule has 1 saturated heterocycles. The quantitative estimate of drug-likeness (QED) is 0.760. The summed E-state index contributed by atoms with van der Waals surface area (Å²) in [4.78, 5) is 15.4. The number of hydrogen-bond acceptors (Lipinski definition) is 5. The van der Waals surface area contributed by atoms with Gasteiger partial charge in [-0.1, -0.05) is 0 Å². The maximum Gasteiger partial charge on any atom is 0.339 e. The number of carbonyl (C=O) groups excluding carboxylic acids is 1. The first-order chi connectivity index (χ1) is 9.29. The van der Waals surface area contributed by atoms with Crippen LogP contribution in [0.3, 0.4) is 0 Å². The minimum atomic E-state index is -0.373. The van der Waals surface area contributed by atoms with Crippen LogP contribution in [0.1, 0.15) is 28.9 Å². The van der Waals surface area contributed by atoms with Crippen molar-refractivity contribution in [2.45, 2.75) is 19.4 Å². The highest BCUT2D eigenvalue weighted by atomic mass is 16.5. The number of ether oxygens (including phenoxy) is 3. The van der Waals surface area contributed by atoms with Crippen molar-refractivity contribution in [1.82, 2.24) is 4.98 Å². The Morgan fingerprint density at radius 1 is 1.42 bits per heavy atom. The van der Waals surface area contributed by atoms with Gasteiger partial charge in [0.15, 0.2) is 0 Å². The fourth-order valence-corrected chi connectivity index (χ4v) is 1.99. The zero-order chi connectivity index (χ0) is 13.5. The number of nitrogens with zero attached hydrogens (tertiary/aromatic N) is 1. The lowest BCUT2D eigenvalue weighted by Gasteiger charge is -2.21. The topological polar surface area (TPSA) is 57.7 Å². The maximum atomic E-state index is 11.2. The molecule has 0 aliphatic carbocycles. The predicted molar refractivity (Wildman–Crippen MR) is 68.8 cm³/mol. The molecule has 2 heterocycles. The number of esters is 1. The minimum absolute atomic E-state index is 0.373. The standard InChI is InChI=1S/C14H19NO4/c1-17-14(16)12-2-3-13(15-8-12)10-19-9-11-4-6-18-7-5-11/h2-3,8,11H,4-7,9-10H2,1H3. The van der Waals surface area contributed by atoms with Crippen LogP contribution >= 0.6 is 0 Å². The molecule has 104 valence electrons. The van der Waals surface area contributed by atoms with Gasteiger partial charge in [-0.2, -0.15) is 0 Å². The van der Waals surface area contributed by atoms with Crippen LogP contribution in [0.2, 0.25) is 0 Å². The summed E-state index contributed by atoms with van der Waals surface area (Å²) in [6.45, 7) is 2.88. The third kappa shape index (κ3) is 4.29. The zero-order valence-corrected chi connectivity index (χ0v) is 11.1. The summed E-state index contributed by atoms with van der Waals surface area (Å²) in [5, 5.41) is 0. The molecule has 0 saturated carbocycles. The molecule has 0 bridgehead atoms. The molecule has 5 heteroatoms. The molecule has 19 heavy (non-hydrogen) atoms. The minimum Gasteiger partial charge on any atom is -0.465 e. The first-order valence-electron chi connectivity index (χ1n) is 6.48. The number of carbonyl (C=O) groups is 1. The van der Waals surface area contributed by atoms with Crippen molar-refractivity contribution in [3.63, 3.8) is 0 Å². The van der Waals surface area contributed by atoms with Crippen molar-refractivity contribution < 1.29 is 19.0 Å². The van der Waals surface area contributed by atoms with E-state index >= 15 is 0 Å². The molecular weight excluding hydrogens is 246 g/mol. The highest BCUT2D eigenvalue weighted by molar-refractivity contribution is 5.88. The van der Waals surface area contributed by atoms with Crippen molar-refractivity contribution in [2.75, 3.05) is 26.9 Å². The van der Waals surface area contributed by atoms with Gasteiger partial charge in [-0.15, -0.1) is 0 Å². The average molecular weight is 265 g/mol. The highest BCUT2D eigenvalue weighted by Gasteiger charge is 2.13. The van der Waals surface area contributed by atoms with Gasteiger partial charge in [-0.25, -0.2) is 4.79 Å². The van der Waals surface area contributed by atoms with Crippen LogP contribution in [0.5, 0.6) is 0 Å². The molecule has 1 aliphatic heterocycles. The smallest absolute Gasteiger partial charge is 0.339 e. The van der Waals surface area contributed by atoms with Gasteiger partial charge >= 0.3 is 5.97 Å². The highest BCUT2D eigenvalue weighted by Crippen LogP contribution is 2.15. The Hall–Kier alpha value is -1.46. The predicted octanol–water partition coefficient (Wildman–Crippen LogP) is 1.81. The molecular formula is C14H19NO4. The van der Waals surface area contributed by atoms with E-state index in [0.717, 1.165) is 38.4 Å². The van der Waals surface area contributed by atoms with Crippen LogP contribution in [-0.2, 0) is 20.8 Å². The van der Waals surface area contributed by atoms with E-state index in [-0.39, 0.29) is 5.97 Å². The van der Waals surface area contributed by atoms with E-state index in [1.54, 1.807) is 12.1 Å². The third-order valence-electron chi connectivity index (χ3n) is 3.19. The monoisotopic (exact) mass is 265 g/mol. The second kappa shape index (κ2) is 7.21. The lowest BCUT2D eigenvalue weighted by molar-refractivity contribution is 0.0150. The molecule has 2 rings (SSSR count). The van der Waals surface area contributed by atoms with Gasteiger partial charge in [0.05, 0.1) is 31.6 Å². The van der Waals surface area contributed by atoms with E-state index in [2.05, 4.69) is 9.72 Å². The van der Waals surface area contributed by atoms with Crippen molar-refractivity contribution >= 4 is 5.97 Å². The third-order valence-corrected chi connectivity index (χ3v) is 3.19. The number of rotatable bonds is 5. The van der Waals surface area contributed by atoms with Gasteiger partial charge in [0.1, 0.15) is 0 Å². The van der Waals surface area contributed by atoms with Gasteiger partial charge in [0.25, 0.3) is 0 Å². The lowest BCUT2D eigenvalue weighted by atomic mass is 10.0. The van der Waals surface area contributed by atoms with Crippen LogP contribution in [0, 0.1) is 5.92 Å². The van der Waals surface area contributed by atoms with E-state index in [1.165, 1.54) is 13.3 Å². The van der Waals surface area contributed by atoms with Crippen LogP contribution in [-0.4, -0.2) is 37.9 Å². The van der Waals surface area contributed by atoms with Crippen LogP contribution in [0.15, 0.2) is 18.3 Å². The molecule has 0 spiro atoms. The van der Waals surface area contributed by atoms with Crippen molar-refractivity contribution in [2.24, 2.45) is 5.92 Å². The zero-order valence-electron chi connectivity index (χ0n) is 11.1. The molecule has 0 amide bonds. The molecule has 1 aliphatic rings. The Morgan fingerprint density at radius 2 is 2.21 bits per heavy atom. The molecule has 0 unspecified atom stereocenters. The summed E-state index contributed by atoms with van der Waals surface area (Å²) in [6, 6.07) is 3.49. The summed E-state index contributed by atoms with van der Waals surface area (Å²) >= 11 is 0. The van der Waals surface area contributed by atoms with E-state index in [0.29, 0.717) is 18.1 Å². The molecule has 5 nitrogen and oxygen atoms in total. The fourth-order valence-electron chi connectivity index (χ4n) is 1.99. The number of aromatic nitrogens is 1. The molecule has 1 fully saturated rings. The normalized spacial score (nSPS) is 16.3. The molecule has 1 aromatic heterocycles. The van der Waals surface area contributed by atoms with Crippen LogP contribution in [0.25, 0.3) is 0 Å². The number of methoxy groups -OCH3 is 1. The Balaban J connectivity index is 1.75. The van der Waals surface area contributed by atoms with Gasteiger partial charge in [0.2, 0.25) is 0 Å². The average Bonchev–Trinajstić information content (AvgIpc) is 2.48. The van der Waals surface area contributed by atoms with E-state index in [1.807, 2.05) is 0 Å². The summed E-state index contributed by atoms with van der Waals surface area (Å²) < 4.78 is 15.6. The number of pyridine rings is 1. The Morgan fingerprint density at radius 3 is 2.84 bits per heavy atom. The Bertz CT molecular complexity index is 398. The first kappa shape index (κ1) is 14.0. The lowest BCUT2D eigenvalue weighted by Crippen LogP contribution is -2.20. The molecule has 1 aromatic rings. The second-order valence-electron chi connectivity index (χ2n) is 4.60. The van der Waals surface area contributed by atoms with Gasteiger partial charge in [-0.05, 0) is 30.9 Å². The Kier molecular flexibility index (Phi) is 5.30. The van der Waals surface area contributed by atoms with Gasteiger partial charge in [0, 0.05) is 19.4 Å². The molecule has 0 N–H and O–H groups in total. The van der Waals surface area contributed by atoms with Crippen molar-refractivity contribution in [3.05, 3.63) is 29.6 Å². The summed E-state index contributed by atoms with van der Waals surface area (Å²) in [6.07, 6.45) is 3.64. The van der Waals surface area contributed by atoms with E-state index in [9.17, 15) is 4.79 Å². The largest absolute Gasteiger partial charge is 0.465 e. The fraction of sp³-hybridized carbons (Fsp3) is 0.571. The van der Waals surface area contributed by atoms with Gasteiger partial charge < -0.3 is 14.2 Å². The molecule has 0 aromatic carbocycles. The maximum absolute atomic E-state index is 11.2. The Labute approximate surface area is 112 Å². The summed E-state index contributed by atoms with van der Waals surface area (Å²) in [5.41, 5.74) is 1.27. The van der Waals surface area contributed by atoms with E-state index < -0.39 is 0 Å². The van der Waals surface area contributed by atoms with Crippen molar-refractivity contribution in [3.8, 4) is 0 Å².